The van der Waals surface area contributed by atoms with Crippen LogP contribution in [0.3, 0.4) is 0 Å². The maximum atomic E-state index is 5.66. The van der Waals surface area contributed by atoms with E-state index in [-0.39, 0.29) is 30.0 Å². The molecule has 2 aromatic rings. The minimum absolute atomic E-state index is 0. The molecule has 1 aromatic heterocycles. The summed E-state index contributed by atoms with van der Waals surface area (Å²) in [6.45, 7) is 6.65. The van der Waals surface area contributed by atoms with E-state index >= 15 is 0 Å². The monoisotopic (exact) mass is 541 g/mol. The largest absolute Gasteiger partial charge is 0.496 e. The van der Waals surface area contributed by atoms with E-state index in [2.05, 4.69) is 54.3 Å². The highest BCUT2D eigenvalue weighted by Crippen LogP contribution is 2.30. The molecule has 31 heavy (non-hydrogen) atoms. The predicted octanol–water partition coefficient (Wildman–Crippen LogP) is 2.86. The van der Waals surface area contributed by atoms with Gasteiger partial charge in [0.15, 0.2) is 5.96 Å². The van der Waals surface area contributed by atoms with Gasteiger partial charge in [0.1, 0.15) is 17.9 Å². The molecule has 1 fully saturated rings. The standard InChI is InChI=1S/C22H35N7O.HI/c1-4-21-27-26-17-29(21)15-12-24-22(23-2)25-16-19(28-13-8-5-9-14-28)18-10-6-7-11-20(18)30-3;/h6-7,10-11,17,19H,4-5,8-9,12-16H2,1-3H3,(H2,23,24,25);1H. The van der Waals surface area contributed by atoms with Crippen molar-refractivity contribution >= 4 is 29.9 Å². The Balaban J connectivity index is 0.00000341. The summed E-state index contributed by atoms with van der Waals surface area (Å²) in [6, 6.07) is 8.58. The number of aliphatic imine (C=N–C) groups is 1. The smallest absolute Gasteiger partial charge is 0.191 e. The van der Waals surface area contributed by atoms with Crippen molar-refractivity contribution in [2.24, 2.45) is 4.99 Å². The molecule has 3 rings (SSSR count). The summed E-state index contributed by atoms with van der Waals surface area (Å²) >= 11 is 0. The zero-order valence-electron chi connectivity index (χ0n) is 18.9. The van der Waals surface area contributed by atoms with E-state index in [9.17, 15) is 0 Å². The molecule has 8 nitrogen and oxygen atoms in total. The Morgan fingerprint density at radius 1 is 1.19 bits per heavy atom. The topological polar surface area (TPSA) is 79.6 Å². The van der Waals surface area contributed by atoms with E-state index in [1.165, 1.54) is 24.8 Å². The molecule has 1 unspecified atom stereocenters. The van der Waals surface area contributed by atoms with Crippen LogP contribution < -0.4 is 15.4 Å². The van der Waals surface area contributed by atoms with Crippen LogP contribution in [0.15, 0.2) is 35.6 Å². The first-order chi connectivity index (χ1) is 14.8. The first-order valence-electron chi connectivity index (χ1n) is 10.9. The van der Waals surface area contributed by atoms with E-state index < -0.39 is 0 Å². The number of rotatable bonds is 9. The number of methoxy groups -OCH3 is 1. The molecule has 1 aliphatic rings. The predicted molar refractivity (Wildman–Crippen MR) is 135 cm³/mol. The van der Waals surface area contributed by atoms with Crippen molar-refractivity contribution in [3.8, 4) is 5.75 Å². The summed E-state index contributed by atoms with van der Waals surface area (Å²) in [5, 5.41) is 15.1. The molecule has 0 amide bonds. The van der Waals surface area contributed by atoms with Crippen LogP contribution in [0.5, 0.6) is 5.75 Å². The molecule has 1 aliphatic heterocycles. The summed E-state index contributed by atoms with van der Waals surface area (Å²) < 4.78 is 7.74. The van der Waals surface area contributed by atoms with Crippen LogP contribution in [0, 0.1) is 0 Å². The van der Waals surface area contributed by atoms with Gasteiger partial charge < -0.3 is 19.9 Å². The summed E-state index contributed by atoms with van der Waals surface area (Å²) in [4.78, 5) is 6.97. The molecule has 0 radical (unpaired) electrons. The Bertz CT molecular complexity index is 805. The highest BCUT2D eigenvalue weighted by atomic mass is 127. The van der Waals surface area contributed by atoms with Crippen LogP contribution in [0.25, 0.3) is 0 Å². The van der Waals surface area contributed by atoms with Crippen molar-refractivity contribution in [2.75, 3.05) is 40.3 Å². The van der Waals surface area contributed by atoms with E-state index in [1.807, 2.05) is 19.2 Å². The van der Waals surface area contributed by atoms with Crippen LogP contribution in [0.2, 0.25) is 0 Å². The Morgan fingerprint density at radius 2 is 1.97 bits per heavy atom. The van der Waals surface area contributed by atoms with Gasteiger partial charge in [0.25, 0.3) is 0 Å². The second kappa shape index (κ2) is 13.5. The number of nitrogens with one attached hydrogen (secondary N) is 2. The molecule has 1 aromatic carbocycles. The molecule has 2 N–H and O–H groups in total. The molecule has 0 bridgehead atoms. The molecule has 1 saturated heterocycles. The number of likely N-dealkylation sites (tertiary alicyclic amines) is 1. The van der Waals surface area contributed by atoms with E-state index in [1.54, 1.807) is 13.4 Å². The number of hydrogen-bond acceptors (Lipinski definition) is 5. The maximum Gasteiger partial charge on any atom is 0.191 e. The number of guanidine groups is 1. The van der Waals surface area contributed by atoms with Crippen molar-refractivity contribution in [1.29, 1.82) is 0 Å². The van der Waals surface area contributed by atoms with Crippen LogP contribution >= 0.6 is 24.0 Å². The van der Waals surface area contributed by atoms with Crippen LogP contribution in [-0.4, -0.2) is 66.0 Å². The lowest BCUT2D eigenvalue weighted by atomic mass is 10.0. The average molecular weight is 541 g/mol. The maximum absolute atomic E-state index is 5.66. The second-order valence-corrected chi connectivity index (χ2v) is 7.53. The fraction of sp³-hybridized carbons (Fsp3) is 0.591. The number of hydrogen-bond donors (Lipinski definition) is 2. The lowest BCUT2D eigenvalue weighted by molar-refractivity contribution is 0.161. The fourth-order valence-corrected chi connectivity index (χ4v) is 4.06. The van der Waals surface area contributed by atoms with Crippen molar-refractivity contribution in [2.45, 2.75) is 45.2 Å². The summed E-state index contributed by atoms with van der Waals surface area (Å²) in [5.74, 6) is 2.75. The molecule has 0 aliphatic carbocycles. The number of aryl methyl sites for hydroxylation is 1. The van der Waals surface area contributed by atoms with Gasteiger partial charge in [0.05, 0.1) is 13.2 Å². The third-order valence-electron chi connectivity index (χ3n) is 5.67. The van der Waals surface area contributed by atoms with E-state index in [0.717, 1.165) is 56.7 Å². The highest BCUT2D eigenvalue weighted by Gasteiger charge is 2.25. The van der Waals surface area contributed by atoms with Gasteiger partial charge in [-0.05, 0) is 32.0 Å². The molecule has 172 valence electrons. The Kier molecular flexibility index (Phi) is 11.1. The number of aromatic nitrogens is 3. The zero-order chi connectivity index (χ0) is 21.2. The van der Waals surface area contributed by atoms with Crippen molar-refractivity contribution in [3.05, 3.63) is 42.0 Å². The first kappa shape index (κ1) is 25.4. The van der Waals surface area contributed by atoms with Gasteiger partial charge in [0, 0.05) is 38.7 Å². The first-order valence-corrected chi connectivity index (χ1v) is 10.9. The van der Waals surface area contributed by atoms with Gasteiger partial charge in [-0.15, -0.1) is 34.2 Å². The van der Waals surface area contributed by atoms with Gasteiger partial charge in [-0.3, -0.25) is 9.89 Å². The van der Waals surface area contributed by atoms with Crippen LogP contribution in [-0.2, 0) is 13.0 Å². The van der Waals surface area contributed by atoms with E-state index in [0.29, 0.717) is 0 Å². The lowest BCUT2D eigenvalue weighted by Crippen LogP contribution is -2.45. The van der Waals surface area contributed by atoms with Gasteiger partial charge in [-0.25, -0.2) is 0 Å². The quantitative estimate of drug-likeness (QED) is 0.289. The summed E-state index contributed by atoms with van der Waals surface area (Å²) in [6.07, 6.45) is 6.47. The highest BCUT2D eigenvalue weighted by molar-refractivity contribution is 14.0. The second-order valence-electron chi connectivity index (χ2n) is 7.53. The fourth-order valence-electron chi connectivity index (χ4n) is 4.06. The number of ether oxygens (including phenoxy) is 1. The van der Waals surface area contributed by atoms with Crippen LogP contribution in [0.1, 0.15) is 43.6 Å². The molecule has 9 heteroatoms. The Morgan fingerprint density at radius 3 is 2.68 bits per heavy atom. The Hall–Kier alpha value is -1.88. The zero-order valence-corrected chi connectivity index (χ0v) is 21.2. The van der Waals surface area contributed by atoms with Gasteiger partial charge >= 0.3 is 0 Å². The van der Waals surface area contributed by atoms with Crippen LogP contribution in [0.4, 0.5) is 0 Å². The van der Waals surface area contributed by atoms with E-state index in [4.69, 9.17) is 4.74 Å². The SMILES string of the molecule is CCc1nncn1CCNC(=NC)NCC(c1ccccc1OC)N1CCCCC1.I. The minimum atomic E-state index is 0. The molecular weight excluding hydrogens is 505 g/mol. The van der Waals surface area contributed by atoms with Crippen molar-refractivity contribution in [3.63, 3.8) is 0 Å². The normalized spacial score (nSPS) is 15.8. The van der Waals surface area contributed by atoms with Gasteiger partial charge in [0.2, 0.25) is 0 Å². The number of piperidine rings is 1. The third kappa shape index (κ3) is 7.06. The molecule has 0 spiro atoms. The Labute approximate surface area is 202 Å². The summed E-state index contributed by atoms with van der Waals surface area (Å²) in [5.41, 5.74) is 1.22. The third-order valence-corrected chi connectivity index (χ3v) is 5.67. The number of benzene rings is 1. The number of halogens is 1. The summed E-state index contributed by atoms with van der Waals surface area (Å²) in [7, 11) is 3.56. The molecule has 0 saturated carbocycles. The molecule has 1 atom stereocenters. The number of para-hydroxylation sites is 1. The van der Waals surface area contributed by atoms with Crippen molar-refractivity contribution in [1.82, 2.24) is 30.3 Å². The molecule has 2 heterocycles. The average Bonchev–Trinajstić information content (AvgIpc) is 3.26. The van der Waals surface area contributed by atoms with Crippen molar-refractivity contribution < 1.29 is 4.74 Å². The van der Waals surface area contributed by atoms with Gasteiger partial charge in [-0.1, -0.05) is 31.5 Å². The molecular formula is C22H36IN7O. The van der Waals surface area contributed by atoms with Gasteiger partial charge in [-0.2, -0.15) is 0 Å². The minimum Gasteiger partial charge on any atom is -0.496 e. The lowest BCUT2D eigenvalue weighted by Gasteiger charge is -2.35. The number of nitrogens with zero attached hydrogens (tertiary/aromatic N) is 5.